The summed E-state index contributed by atoms with van der Waals surface area (Å²) in [7, 11) is 0. The fourth-order valence-electron chi connectivity index (χ4n) is 1.08. The van der Waals surface area contributed by atoms with Gasteiger partial charge in [0.2, 0.25) is 5.91 Å². The Kier molecular flexibility index (Phi) is 5.36. The number of anilines is 1. The lowest BCUT2D eigenvalue weighted by Crippen LogP contribution is -2.30. The molecule has 0 bridgehead atoms. The van der Waals surface area contributed by atoms with Crippen LogP contribution in [0.5, 0.6) is 0 Å². The van der Waals surface area contributed by atoms with Crippen molar-refractivity contribution in [2.24, 2.45) is 0 Å². The number of rotatable bonds is 4. The third-order valence-electron chi connectivity index (χ3n) is 1.80. The second-order valence-corrected chi connectivity index (χ2v) is 4.28. The van der Waals surface area contributed by atoms with Gasteiger partial charge in [-0.2, -0.15) is 5.26 Å². The molecule has 7 heteroatoms. The second kappa shape index (κ2) is 6.55. The van der Waals surface area contributed by atoms with E-state index in [-0.39, 0.29) is 19.0 Å². The third kappa shape index (κ3) is 4.31. The van der Waals surface area contributed by atoms with E-state index in [1.807, 2.05) is 0 Å². The number of hydrogen-bond acceptors (Lipinski definition) is 3. The zero-order valence-corrected chi connectivity index (χ0v) is 10.8. The first-order valence-electron chi connectivity index (χ1n) is 4.56. The van der Waals surface area contributed by atoms with Crippen molar-refractivity contribution in [3.8, 4) is 6.07 Å². The molecule has 0 aliphatic heterocycles. The van der Waals surface area contributed by atoms with E-state index in [2.05, 4.69) is 10.6 Å². The van der Waals surface area contributed by atoms with Crippen molar-refractivity contribution in [1.29, 1.82) is 5.26 Å². The van der Waals surface area contributed by atoms with Crippen molar-refractivity contribution in [2.75, 3.05) is 18.4 Å². The number of nitrogens with zero attached hydrogens (tertiary/aromatic N) is 1. The monoisotopic (exact) mass is 291 g/mol. The van der Waals surface area contributed by atoms with Crippen LogP contribution >= 0.6 is 34.8 Å². The predicted molar refractivity (Wildman–Crippen MR) is 68.6 cm³/mol. The average molecular weight is 293 g/mol. The average Bonchev–Trinajstić information content (AvgIpc) is 2.24. The summed E-state index contributed by atoms with van der Waals surface area (Å²) in [5, 5.41) is 14.5. The smallest absolute Gasteiger partial charge is 0.240 e. The van der Waals surface area contributed by atoms with Gasteiger partial charge >= 0.3 is 0 Å². The van der Waals surface area contributed by atoms with Gasteiger partial charge in [-0.05, 0) is 12.1 Å². The van der Waals surface area contributed by atoms with Crippen molar-refractivity contribution in [2.45, 2.75) is 0 Å². The molecule has 0 spiro atoms. The van der Waals surface area contributed by atoms with E-state index < -0.39 is 0 Å². The van der Waals surface area contributed by atoms with Gasteiger partial charge in [0.15, 0.2) is 0 Å². The Bertz CT molecular complexity index is 447. The summed E-state index contributed by atoms with van der Waals surface area (Å²) in [4.78, 5) is 11.2. The minimum Gasteiger partial charge on any atom is -0.374 e. The molecule has 0 radical (unpaired) electrons. The van der Waals surface area contributed by atoms with Crippen LogP contribution in [0.1, 0.15) is 0 Å². The molecule has 0 atom stereocenters. The molecule has 0 aliphatic carbocycles. The standard InChI is InChI=1S/C10H8Cl3N3O/c11-6-3-7(12)10(8(13)4-6)16-5-9(17)15-2-1-14/h3-4,16H,2,5H2,(H,15,17). The Hall–Kier alpha value is -1.15. The fraction of sp³-hybridized carbons (Fsp3) is 0.200. The van der Waals surface area contributed by atoms with Crippen molar-refractivity contribution in [3.05, 3.63) is 27.2 Å². The number of halogens is 3. The van der Waals surface area contributed by atoms with Crippen LogP contribution in [0.15, 0.2) is 12.1 Å². The lowest BCUT2D eigenvalue weighted by Gasteiger charge is -2.10. The Morgan fingerprint density at radius 1 is 1.29 bits per heavy atom. The van der Waals surface area contributed by atoms with E-state index in [9.17, 15) is 4.79 Å². The lowest BCUT2D eigenvalue weighted by atomic mass is 10.3. The van der Waals surface area contributed by atoms with E-state index in [1.54, 1.807) is 6.07 Å². The largest absolute Gasteiger partial charge is 0.374 e. The summed E-state index contributed by atoms with van der Waals surface area (Å²) in [5.41, 5.74) is 0.435. The van der Waals surface area contributed by atoms with Gasteiger partial charge in [0.25, 0.3) is 0 Å². The van der Waals surface area contributed by atoms with Gasteiger partial charge in [-0.25, -0.2) is 0 Å². The van der Waals surface area contributed by atoms with Crippen LogP contribution in [0.4, 0.5) is 5.69 Å². The molecule has 17 heavy (non-hydrogen) atoms. The number of carbonyl (C=O) groups excluding carboxylic acids is 1. The molecule has 0 heterocycles. The highest BCUT2D eigenvalue weighted by Crippen LogP contribution is 2.33. The molecule has 1 amide bonds. The Labute approximate surface area is 113 Å². The number of nitriles is 1. The highest BCUT2D eigenvalue weighted by atomic mass is 35.5. The summed E-state index contributed by atoms with van der Waals surface area (Å²) in [6.07, 6.45) is 0. The molecule has 0 unspecified atom stereocenters. The highest BCUT2D eigenvalue weighted by molar-refractivity contribution is 6.41. The maximum absolute atomic E-state index is 11.2. The molecule has 1 aromatic rings. The van der Waals surface area contributed by atoms with Gasteiger partial charge in [-0.1, -0.05) is 34.8 Å². The van der Waals surface area contributed by atoms with Gasteiger partial charge in [-0.3, -0.25) is 4.79 Å². The second-order valence-electron chi connectivity index (χ2n) is 3.03. The molecule has 0 saturated heterocycles. The van der Waals surface area contributed by atoms with Gasteiger partial charge in [0, 0.05) is 5.02 Å². The Balaban J connectivity index is 2.64. The summed E-state index contributed by atoms with van der Waals surface area (Å²) in [5.74, 6) is -0.325. The molecule has 0 aromatic heterocycles. The van der Waals surface area contributed by atoms with Crippen molar-refractivity contribution in [3.63, 3.8) is 0 Å². The molecule has 1 rings (SSSR count). The van der Waals surface area contributed by atoms with Crippen molar-refractivity contribution < 1.29 is 4.79 Å². The van der Waals surface area contributed by atoms with Gasteiger partial charge < -0.3 is 10.6 Å². The number of amides is 1. The summed E-state index contributed by atoms with van der Waals surface area (Å²) in [6.45, 7) is -0.0641. The predicted octanol–water partition coefficient (Wildman–Crippen LogP) is 2.70. The number of carbonyl (C=O) groups is 1. The van der Waals surface area contributed by atoms with Crippen LogP contribution in [0.3, 0.4) is 0 Å². The molecular formula is C10H8Cl3N3O. The first kappa shape index (κ1) is 13.9. The van der Waals surface area contributed by atoms with Gasteiger partial charge in [0.1, 0.15) is 6.54 Å². The van der Waals surface area contributed by atoms with Gasteiger partial charge in [-0.15, -0.1) is 0 Å². The van der Waals surface area contributed by atoms with E-state index in [1.165, 1.54) is 12.1 Å². The maximum Gasteiger partial charge on any atom is 0.240 e. The van der Waals surface area contributed by atoms with Crippen molar-refractivity contribution >= 4 is 46.4 Å². The van der Waals surface area contributed by atoms with Crippen LogP contribution in [-0.4, -0.2) is 19.0 Å². The van der Waals surface area contributed by atoms with Crippen LogP contribution in [0.2, 0.25) is 15.1 Å². The van der Waals surface area contributed by atoms with E-state index in [4.69, 9.17) is 40.1 Å². The quantitative estimate of drug-likeness (QED) is 0.839. The summed E-state index contributed by atoms with van der Waals surface area (Å²) < 4.78 is 0. The van der Waals surface area contributed by atoms with E-state index in [0.717, 1.165) is 0 Å². The fourth-order valence-corrected chi connectivity index (χ4v) is 2.03. The first-order valence-corrected chi connectivity index (χ1v) is 5.70. The summed E-state index contributed by atoms with van der Waals surface area (Å²) in [6, 6.07) is 4.83. The van der Waals surface area contributed by atoms with E-state index >= 15 is 0 Å². The van der Waals surface area contributed by atoms with Crippen LogP contribution in [0, 0.1) is 11.3 Å². The molecule has 90 valence electrons. The maximum atomic E-state index is 11.2. The Morgan fingerprint density at radius 3 is 2.41 bits per heavy atom. The SMILES string of the molecule is N#CCNC(=O)CNc1c(Cl)cc(Cl)cc1Cl. The molecule has 2 N–H and O–H groups in total. The molecule has 4 nitrogen and oxygen atoms in total. The Morgan fingerprint density at radius 2 is 1.88 bits per heavy atom. The van der Waals surface area contributed by atoms with E-state index in [0.29, 0.717) is 20.8 Å². The first-order chi connectivity index (χ1) is 8.04. The normalized spacial score (nSPS) is 9.53. The molecular weight excluding hydrogens is 284 g/mol. The van der Waals surface area contributed by atoms with Crippen molar-refractivity contribution in [1.82, 2.24) is 5.32 Å². The van der Waals surface area contributed by atoms with Gasteiger partial charge in [0.05, 0.1) is 28.3 Å². The molecule has 1 aromatic carbocycles. The minimum absolute atomic E-state index is 0.0250. The molecule has 0 fully saturated rings. The van der Waals surface area contributed by atoms with Crippen LogP contribution < -0.4 is 10.6 Å². The minimum atomic E-state index is -0.325. The molecule has 0 aliphatic rings. The zero-order chi connectivity index (χ0) is 12.8. The topological polar surface area (TPSA) is 64.9 Å². The zero-order valence-electron chi connectivity index (χ0n) is 8.56. The van der Waals surface area contributed by atoms with Crippen LogP contribution in [0.25, 0.3) is 0 Å². The summed E-state index contributed by atoms with van der Waals surface area (Å²) >= 11 is 17.6. The number of nitrogens with one attached hydrogen (secondary N) is 2. The number of hydrogen-bond donors (Lipinski definition) is 2. The highest BCUT2D eigenvalue weighted by Gasteiger charge is 2.08. The third-order valence-corrected chi connectivity index (χ3v) is 2.61. The number of benzene rings is 1. The van der Waals surface area contributed by atoms with Crippen LogP contribution in [-0.2, 0) is 4.79 Å². The molecule has 0 saturated carbocycles. The lowest BCUT2D eigenvalue weighted by molar-refractivity contribution is -0.119.